The van der Waals surface area contributed by atoms with Gasteiger partial charge in [-0.15, -0.1) is 0 Å². The van der Waals surface area contributed by atoms with E-state index in [2.05, 4.69) is 20.9 Å². The number of carbonyl (C=O) groups is 2. The molecule has 3 aromatic carbocycles. The quantitative estimate of drug-likeness (QED) is 0.156. The van der Waals surface area contributed by atoms with Crippen molar-refractivity contribution in [3.05, 3.63) is 109 Å². The van der Waals surface area contributed by atoms with E-state index in [1.165, 1.54) is 6.08 Å². The second-order valence-electron chi connectivity index (χ2n) is 10.7. The molecule has 0 atom stereocenters. The van der Waals surface area contributed by atoms with E-state index in [-0.39, 0.29) is 17.9 Å². The molecule has 0 fully saturated rings. The minimum atomic E-state index is -0.274. The number of carbonyl (C=O) groups excluding carboxylic acids is 2. The molecule has 10 nitrogen and oxygen atoms in total. The lowest BCUT2D eigenvalue weighted by Gasteiger charge is -2.12. The Labute approximate surface area is 256 Å². The van der Waals surface area contributed by atoms with Crippen LogP contribution in [0.5, 0.6) is 5.75 Å². The first-order valence-corrected chi connectivity index (χ1v) is 14.3. The van der Waals surface area contributed by atoms with Crippen LogP contribution >= 0.6 is 0 Å². The highest BCUT2D eigenvalue weighted by Crippen LogP contribution is 2.29. The first-order valence-electron chi connectivity index (χ1n) is 14.3. The van der Waals surface area contributed by atoms with E-state index >= 15 is 0 Å². The van der Waals surface area contributed by atoms with Crippen LogP contribution in [0.3, 0.4) is 0 Å². The predicted molar refractivity (Wildman–Crippen MR) is 175 cm³/mol. The van der Waals surface area contributed by atoms with Crippen LogP contribution < -0.4 is 20.7 Å². The lowest BCUT2D eigenvalue weighted by atomic mass is 10.2. The zero-order chi connectivity index (χ0) is 31.1. The van der Waals surface area contributed by atoms with Gasteiger partial charge in [-0.3, -0.25) is 9.59 Å². The van der Waals surface area contributed by atoms with E-state index in [0.29, 0.717) is 40.9 Å². The monoisotopic (exact) mass is 589 g/mol. The number of amides is 2. The van der Waals surface area contributed by atoms with Gasteiger partial charge in [0.25, 0.3) is 5.91 Å². The fraction of sp³-hybridized carbons (Fsp3) is 0.176. The third-order valence-electron chi connectivity index (χ3n) is 6.47. The van der Waals surface area contributed by atoms with Crippen LogP contribution in [0.25, 0.3) is 16.7 Å². The Morgan fingerprint density at radius 3 is 2.48 bits per heavy atom. The molecule has 0 bridgehead atoms. The number of fused-ring (bicyclic) bond motifs is 1. The number of nitrogens with one attached hydrogen (secondary N) is 3. The van der Waals surface area contributed by atoms with Gasteiger partial charge in [0.2, 0.25) is 11.9 Å². The van der Waals surface area contributed by atoms with Crippen molar-refractivity contribution in [2.24, 2.45) is 0 Å². The van der Waals surface area contributed by atoms with Crippen molar-refractivity contribution in [2.75, 3.05) is 36.6 Å². The van der Waals surface area contributed by atoms with Crippen LogP contribution in [0.2, 0.25) is 0 Å². The largest absolute Gasteiger partial charge is 0.490 e. The van der Waals surface area contributed by atoms with Crippen molar-refractivity contribution in [1.29, 1.82) is 0 Å². The number of likely N-dealkylation sites (N-methyl/N-ethyl adjacent to an activating group) is 1. The zero-order valence-corrected chi connectivity index (χ0v) is 25.1. The average molecular weight is 590 g/mol. The molecule has 0 saturated heterocycles. The van der Waals surface area contributed by atoms with Crippen LogP contribution in [0.4, 0.5) is 23.0 Å². The van der Waals surface area contributed by atoms with Gasteiger partial charge in [0, 0.05) is 53.0 Å². The number of rotatable bonds is 11. The Morgan fingerprint density at radius 1 is 0.932 bits per heavy atom. The molecule has 0 aliphatic carbocycles. The van der Waals surface area contributed by atoms with Crippen molar-refractivity contribution < 1.29 is 14.3 Å². The summed E-state index contributed by atoms with van der Waals surface area (Å²) in [5.41, 5.74) is 3.36. The number of anilines is 4. The van der Waals surface area contributed by atoms with Crippen molar-refractivity contribution in [1.82, 2.24) is 19.4 Å². The Bertz CT molecular complexity index is 1790. The first kappa shape index (κ1) is 30.0. The number of aromatic nitrogens is 3. The number of hydrogen-bond donors (Lipinski definition) is 3. The summed E-state index contributed by atoms with van der Waals surface area (Å²) < 4.78 is 7.97. The molecular weight excluding hydrogens is 554 g/mol. The van der Waals surface area contributed by atoms with E-state index in [1.807, 2.05) is 92.1 Å². The number of benzene rings is 3. The normalized spacial score (nSPS) is 11.3. The lowest BCUT2D eigenvalue weighted by Crippen LogP contribution is -2.13. The maximum absolute atomic E-state index is 12.9. The molecule has 5 aromatic rings. The molecule has 0 aliphatic rings. The SMILES string of the molecule is CC(C)Oc1cccc2c1ccn2-c1ccnc(Nc2cccc(NC(=O)c3ccc(NC(=O)/C=C/CN(C)C)cc3)c2)n1. The molecule has 10 heteroatoms. The third-order valence-corrected chi connectivity index (χ3v) is 6.47. The number of nitrogens with zero attached hydrogens (tertiary/aromatic N) is 4. The molecule has 2 heterocycles. The topological polar surface area (TPSA) is 113 Å². The lowest BCUT2D eigenvalue weighted by molar-refractivity contribution is -0.111. The van der Waals surface area contributed by atoms with Crippen LogP contribution in [-0.4, -0.2) is 58.0 Å². The molecule has 44 heavy (non-hydrogen) atoms. The van der Waals surface area contributed by atoms with Gasteiger partial charge in [-0.25, -0.2) is 4.98 Å². The van der Waals surface area contributed by atoms with Crippen molar-refractivity contribution in [3.63, 3.8) is 0 Å². The summed E-state index contributed by atoms with van der Waals surface area (Å²) in [6.07, 6.45) is 7.00. The molecule has 2 amide bonds. The van der Waals surface area contributed by atoms with E-state index in [9.17, 15) is 9.59 Å². The van der Waals surface area contributed by atoms with Crippen LogP contribution in [0.15, 0.2) is 103 Å². The minimum absolute atomic E-state index is 0.0694. The summed E-state index contributed by atoms with van der Waals surface area (Å²) in [6, 6.07) is 23.9. The molecule has 224 valence electrons. The molecule has 5 rings (SSSR count). The van der Waals surface area contributed by atoms with Crippen molar-refractivity contribution in [3.8, 4) is 11.6 Å². The number of hydrogen-bond acceptors (Lipinski definition) is 7. The summed E-state index contributed by atoms with van der Waals surface area (Å²) in [5, 5.41) is 9.94. The Hall–Kier alpha value is -5.48. The van der Waals surface area contributed by atoms with Crippen LogP contribution in [0, 0.1) is 0 Å². The van der Waals surface area contributed by atoms with Crippen molar-refractivity contribution >= 4 is 45.7 Å². The first-order chi connectivity index (χ1) is 21.2. The van der Waals surface area contributed by atoms with Gasteiger partial charge in [-0.1, -0.05) is 18.2 Å². The van der Waals surface area contributed by atoms with E-state index in [4.69, 9.17) is 9.72 Å². The zero-order valence-electron chi connectivity index (χ0n) is 25.1. The summed E-state index contributed by atoms with van der Waals surface area (Å²) in [6.45, 7) is 4.68. The summed E-state index contributed by atoms with van der Waals surface area (Å²) >= 11 is 0. The van der Waals surface area contributed by atoms with Gasteiger partial charge in [0.1, 0.15) is 11.6 Å². The fourth-order valence-electron chi connectivity index (χ4n) is 4.51. The second-order valence-corrected chi connectivity index (χ2v) is 10.7. The van der Waals surface area contributed by atoms with Crippen molar-refractivity contribution in [2.45, 2.75) is 20.0 Å². The van der Waals surface area contributed by atoms with Crippen LogP contribution in [0.1, 0.15) is 24.2 Å². The van der Waals surface area contributed by atoms with Gasteiger partial charge in [-0.2, -0.15) is 4.98 Å². The summed E-state index contributed by atoms with van der Waals surface area (Å²) in [5.74, 6) is 1.44. The van der Waals surface area contributed by atoms with Gasteiger partial charge in [0.15, 0.2) is 0 Å². The highest BCUT2D eigenvalue weighted by atomic mass is 16.5. The van der Waals surface area contributed by atoms with E-state index in [1.54, 1.807) is 42.6 Å². The highest BCUT2D eigenvalue weighted by molar-refractivity contribution is 6.05. The molecule has 3 N–H and O–H groups in total. The standard InChI is InChI=1S/C34H35N7O3/c1-23(2)44-30-11-6-10-29-28(30)18-21-41(29)31-17-19-35-34(39-31)38-27-9-5-8-26(22-27)37-33(43)24-13-15-25(16-14-24)36-32(42)12-7-20-40(3)4/h5-19,21-23H,20H2,1-4H3,(H,36,42)(H,37,43)(H,35,38,39)/b12-7+. The fourth-order valence-corrected chi connectivity index (χ4v) is 4.51. The number of ether oxygens (including phenoxy) is 1. The highest BCUT2D eigenvalue weighted by Gasteiger charge is 2.12. The Balaban J connectivity index is 1.24. The molecule has 0 saturated carbocycles. The van der Waals surface area contributed by atoms with Gasteiger partial charge >= 0.3 is 0 Å². The van der Waals surface area contributed by atoms with Gasteiger partial charge < -0.3 is 30.2 Å². The van der Waals surface area contributed by atoms with Gasteiger partial charge in [0.05, 0.1) is 11.6 Å². The average Bonchev–Trinajstić information content (AvgIpc) is 3.43. The molecule has 0 spiro atoms. The molecular formula is C34H35N7O3. The van der Waals surface area contributed by atoms with Gasteiger partial charge in [-0.05, 0) is 94.7 Å². The second kappa shape index (κ2) is 13.7. The minimum Gasteiger partial charge on any atom is -0.490 e. The molecule has 2 aromatic heterocycles. The summed E-state index contributed by atoms with van der Waals surface area (Å²) in [7, 11) is 3.86. The molecule has 0 aliphatic heterocycles. The summed E-state index contributed by atoms with van der Waals surface area (Å²) in [4.78, 5) is 36.1. The third kappa shape index (κ3) is 7.67. The van der Waals surface area contributed by atoms with Crippen LogP contribution in [-0.2, 0) is 4.79 Å². The Kier molecular flexibility index (Phi) is 9.31. The smallest absolute Gasteiger partial charge is 0.255 e. The molecule has 0 radical (unpaired) electrons. The van der Waals surface area contributed by atoms with E-state index in [0.717, 1.165) is 16.7 Å². The molecule has 0 unspecified atom stereocenters. The van der Waals surface area contributed by atoms with E-state index < -0.39 is 0 Å². The Morgan fingerprint density at radius 2 is 1.70 bits per heavy atom. The maximum atomic E-state index is 12.9. The maximum Gasteiger partial charge on any atom is 0.255 e. The predicted octanol–water partition coefficient (Wildman–Crippen LogP) is 6.26.